The van der Waals surface area contributed by atoms with Gasteiger partial charge in [0.15, 0.2) is 0 Å². The van der Waals surface area contributed by atoms with Crippen molar-refractivity contribution < 1.29 is 9.84 Å². The average Bonchev–Trinajstić information content (AvgIpc) is 2.30. The quantitative estimate of drug-likeness (QED) is 0.819. The van der Waals surface area contributed by atoms with Crippen LogP contribution in [0.15, 0.2) is 0 Å². The Balaban J connectivity index is 2.09. The van der Waals surface area contributed by atoms with E-state index in [1.165, 1.54) is 0 Å². The number of hydrogen-bond acceptors (Lipinski definition) is 6. The normalized spacial score (nSPS) is 17.1. The fourth-order valence-electron chi connectivity index (χ4n) is 1.81. The van der Waals surface area contributed by atoms with E-state index in [9.17, 15) is 5.11 Å². The van der Waals surface area contributed by atoms with E-state index in [1.54, 1.807) is 0 Å². The molecule has 100 valence electrons. The van der Waals surface area contributed by atoms with Crippen molar-refractivity contribution in [2.75, 3.05) is 18.5 Å². The number of hydrogen-bond donors (Lipinski definition) is 2. The van der Waals surface area contributed by atoms with E-state index in [4.69, 9.17) is 16.3 Å². The number of aromatic nitrogens is 3. The van der Waals surface area contributed by atoms with Crippen LogP contribution >= 0.6 is 11.6 Å². The highest BCUT2D eigenvalue weighted by Gasteiger charge is 2.37. The Labute approximate surface area is 111 Å². The van der Waals surface area contributed by atoms with Crippen LogP contribution in [0.25, 0.3) is 0 Å². The SMILES string of the molecule is CCCOc1nc(Cl)nc(NC2(CO)CCC2)n1. The Bertz CT molecular complexity index is 407. The van der Waals surface area contributed by atoms with E-state index in [0.29, 0.717) is 12.6 Å². The van der Waals surface area contributed by atoms with Crippen LogP contribution in [0.3, 0.4) is 0 Å². The van der Waals surface area contributed by atoms with Crippen molar-refractivity contribution in [1.29, 1.82) is 0 Å². The summed E-state index contributed by atoms with van der Waals surface area (Å²) in [7, 11) is 0. The molecule has 6 nitrogen and oxygen atoms in total. The minimum absolute atomic E-state index is 0.0570. The zero-order chi connectivity index (χ0) is 13.0. The maximum absolute atomic E-state index is 9.38. The minimum atomic E-state index is -0.313. The second-order valence-corrected chi connectivity index (χ2v) is 4.81. The molecule has 0 amide bonds. The lowest BCUT2D eigenvalue weighted by molar-refractivity contribution is 0.143. The molecule has 1 saturated carbocycles. The average molecular weight is 273 g/mol. The van der Waals surface area contributed by atoms with Crippen LogP contribution in [0.2, 0.25) is 5.28 Å². The molecule has 0 unspecified atom stereocenters. The molecule has 0 bridgehead atoms. The van der Waals surface area contributed by atoms with Crippen molar-refractivity contribution >= 4 is 17.5 Å². The van der Waals surface area contributed by atoms with Crippen LogP contribution in [-0.4, -0.2) is 38.8 Å². The number of ether oxygens (including phenoxy) is 1. The van der Waals surface area contributed by atoms with Crippen LogP contribution in [0.1, 0.15) is 32.6 Å². The minimum Gasteiger partial charge on any atom is -0.463 e. The highest BCUT2D eigenvalue weighted by molar-refractivity contribution is 6.28. The highest BCUT2D eigenvalue weighted by atomic mass is 35.5. The van der Waals surface area contributed by atoms with Gasteiger partial charge in [0.05, 0.1) is 18.8 Å². The predicted molar refractivity (Wildman–Crippen MR) is 67.9 cm³/mol. The third-order valence-electron chi connectivity index (χ3n) is 3.01. The number of nitrogens with zero attached hydrogens (tertiary/aromatic N) is 3. The number of aliphatic hydroxyl groups excluding tert-OH is 1. The Morgan fingerprint density at radius 1 is 1.39 bits per heavy atom. The molecule has 1 aliphatic rings. The van der Waals surface area contributed by atoms with Gasteiger partial charge in [-0.05, 0) is 37.3 Å². The summed E-state index contributed by atoms with van der Waals surface area (Å²) < 4.78 is 5.33. The van der Waals surface area contributed by atoms with E-state index in [-0.39, 0.29) is 23.4 Å². The van der Waals surface area contributed by atoms with Crippen molar-refractivity contribution in [2.24, 2.45) is 0 Å². The van der Waals surface area contributed by atoms with E-state index < -0.39 is 0 Å². The number of nitrogens with one attached hydrogen (secondary N) is 1. The molecule has 7 heteroatoms. The first kappa shape index (κ1) is 13.3. The number of halogens is 1. The van der Waals surface area contributed by atoms with Gasteiger partial charge in [-0.1, -0.05) is 6.92 Å². The zero-order valence-corrected chi connectivity index (χ0v) is 11.1. The molecule has 2 rings (SSSR count). The summed E-state index contributed by atoms with van der Waals surface area (Å²) in [4.78, 5) is 12.0. The van der Waals surface area contributed by atoms with Crippen molar-refractivity contribution in [1.82, 2.24) is 15.0 Å². The Kier molecular flexibility index (Phi) is 4.19. The van der Waals surface area contributed by atoms with Crippen LogP contribution in [0, 0.1) is 0 Å². The van der Waals surface area contributed by atoms with E-state index in [2.05, 4.69) is 20.3 Å². The fraction of sp³-hybridized carbons (Fsp3) is 0.727. The Hall–Kier alpha value is -1.14. The van der Waals surface area contributed by atoms with Gasteiger partial charge in [0, 0.05) is 0 Å². The molecule has 2 N–H and O–H groups in total. The molecule has 0 saturated heterocycles. The number of aliphatic hydroxyl groups is 1. The van der Waals surface area contributed by atoms with Gasteiger partial charge in [0.2, 0.25) is 11.2 Å². The second-order valence-electron chi connectivity index (χ2n) is 4.48. The lowest BCUT2D eigenvalue weighted by Gasteiger charge is -2.40. The van der Waals surface area contributed by atoms with Crippen LogP contribution in [0.5, 0.6) is 6.01 Å². The molecule has 1 fully saturated rings. The van der Waals surface area contributed by atoms with Crippen molar-refractivity contribution in [2.45, 2.75) is 38.1 Å². The Morgan fingerprint density at radius 3 is 2.72 bits per heavy atom. The van der Waals surface area contributed by atoms with Crippen molar-refractivity contribution in [3.63, 3.8) is 0 Å². The molecule has 0 radical (unpaired) electrons. The third kappa shape index (κ3) is 3.00. The fourth-order valence-corrected chi connectivity index (χ4v) is 1.96. The van der Waals surface area contributed by atoms with Gasteiger partial charge in [-0.2, -0.15) is 15.0 Å². The third-order valence-corrected chi connectivity index (χ3v) is 3.18. The van der Waals surface area contributed by atoms with Gasteiger partial charge in [0.25, 0.3) is 0 Å². The molecular formula is C11H17ClN4O2. The molecule has 18 heavy (non-hydrogen) atoms. The molecule has 1 heterocycles. The van der Waals surface area contributed by atoms with E-state index in [1.807, 2.05) is 6.92 Å². The summed E-state index contributed by atoms with van der Waals surface area (Å²) in [6.45, 7) is 2.59. The second kappa shape index (κ2) is 5.67. The summed E-state index contributed by atoms with van der Waals surface area (Å²) in [5, 5.41) is 12.6. The van der Waals surface area contributed by atoms with E-state index in [0.717, 1.165) is 25.7 Å². The summed E-state index contributed by atoms with van der Waals surface area (Å²) in [5.74, 6) is 0.356. The first-order valence-corrected chi connectivity index (χ1v) is 6.49. The maximum atomic E-state index is 9.38. The van der Waals surface area contributed by atoms with E-state index >= 15 is 0 Å². The van der Waals surface area contributed by atoms with Crippen molar-refractivity contribution in [3.05, 3.63) is 5.28 Å². The van der Waals surface area contributed by atoms with Gasteiger partial charge >= 0.3 is 6.01 Å². The van der Waals surface area contributed by atoms with Crippen molar-refractivity contribution in [3.8, 4) is 6.01 Å². The van der Waals surface area contributed by atoms with Gasteiger partial charge < -0.3 is 15.2 Å². The summed E-state index contributed by atoms with van der Waals surface area (Å²) in [6.07, 6.45) is 3.76. The first-order chi connectivity index (χ1) is 8.67. The predicted octanol–water partition coefficient (Wildman–Crippen LogP) is 1.64. The number of anilines is 1. The molecule has 0 atom stereocenters. The molecular weight excluding hydrogens is 256 g/mol. The van der Waals surface area contributed by atoms with Gasteiger partial charge in [-0.25, -0.2) is 0 Å². The smallest absolute Gasteiger partial charge is 0.322 e. The molecule has 0 aliphatic heterocycles. The molecule has 1 aromatic heterocycles. The largest absolute Gasteiger partial charge is 0.463 e. The van der Waals surface area contributed by atoms with Gasteiger partial charge in [-0.3, -0.25) is 0 Å². The van der Waals surface area contributed by atoms with Gasteiger partial charge in [0.1, 0.15) is 0 Å². The standard InChI is InChI=1S/C11H17ClN4O2/c1-2-6-18-10-14-8(12)13-9(15-10)16-11(7-17)4-3-5-11/h17H,2-7H2,1H3,(H,13,14,15,16). The maximum Gasteiger partial charge on any atom is 0.322 e. The van der Waals surface area contributed by atoms with Crippen LogP contribution in [-0.2, 0) is 0 Å². The van der Waals surface area contributed by atoms with Crippen LogP contribution in [0.4, 0.5) is 5.95 Å². The topological polar surface area (TPSA) is 80.2 Å². The molecule has 1 aromatic rings. The number of rotatable bonds is 6. The summed E-state index contributed by atoms with van der Waals surface area (Å²) >= 11 is 5.82. The zero-order valence-electron chi connectivity index (χ0n) is 10.3. The first-order valence-electron chi connectivity index (χ1n) is 6.11. The molecule has 1 aliphatic carbocycles. The lowest BCUT2D eigenvalue weighted by Crippen LogP contribution is -2.48. The van der Waals surface area contributed by atoms with Crippen LogP contribution < -0.4 is 10.1 Å². The summed E-state index contributed by atoms with van der Waals surface area (Å²) in [5.41, 5.74) is -0.313. The molecule has 0 aromatic carbocycles. The Morgan fingerprint density at radius 2 is 2.17 bits per heavy atom. The molecule has 0 spiro atoms. The summed E-state index contributed by atoms with van der Waals surface area (Å²) in [6, 6.07) is 0.215. The highest BCUT2D eigenvalue weighted by Crippen LogP contribution is 2.34. The van der Waals surface area contributed by atoms with Gasteiger partial charge in [-0.15, -0.1) is 0 Å². The monoisotopic (exact) mass is 272 g/mol. The lowest BCUT2D eigenvalue weighted by atomic mass is 9.77.